The van der Waals surface area contributed by atoms with Gasteiger partial charge in [0, 0.05) is 36.9 Å². The Labute approximate surface area is 170 Å². The summed E-state index contributed by atoms with van der Waals surface area (Å²) in [7, 11) is 1.77. The van der Waals surface area contributed by atoms with Crippen LogP contribution in [0.4, 0.5) is 0 Å². The molecule has 2 aromatic heterocycles. The smallest absolute Gasteiger partial charge is 0.191 e. The zero-order chi connectivity index (χ0) is 20.1. The summed E-state index contributed by atoms with van der Waals surface area (Å²) in [5.41, 5.74) is 4.52. The van der Waals surface area contributed by atoms with Crippen LogP contribution in [0.2, 0.25) is 0 Å². The van der Waals surface area contributed by atoms with E-state index in [-0.39, 0.29) is 0 Å². The molecule has 6 nitrogen and oxygen atoms in total. The van der Waals surface area contributed by atoms with Crippen LogP contribution in [0.25, 0.3) is 11.0 Å². The number of nitrogens with one attached hydrogen (secondary N) is 2. The van der Waals surface area contributed by atoms with Crippen molar-refractivity contribution < 1.29 is 4.42 Å². The first-order valence-electron chi connectivity index (χ1n) is 9.70. The number of rotatable bonds is 6. The number of furan rings is 1. The molecule has 0 saturated heterocycles. The van der Waals surface area contributed by atoms with Crippen molar-refractivity contribution in [2.75, 3.05) is 7.05 Å². The molecule has 0 bridgehead atoms. The molecule has 0 fully saturated rings. The molecule has 148 valence electrons. The van der Waals surface area contributed by atoms with E-state index >= 15 is 0 Å². The second kappa shape index (κ2) is 8.65. The summed E-state index contributed by atoms with van der Waals surface area (Å²) < 4.78 is 7.91. The second-order valence-electron chi connectivity index (χ2n) is 6.90. The van der Waals surface area contributed by atoms with Crippen LogP contribution in [0.5, 0.6) is 0 Å². The van der Waals surface area contributed by atoms with Gasteiger partial charge in [-0.25, -0.2) is 0 Å². The third-order valence-electron chi connectivity index (χ3n) is 5.04. The highest BCUT2D eigenvalue weighted by Crippen LogP contribution is 2.24. The number of guanidine groups is 1. The SMILES string of the molecule is CN=C(NCc1ccccc1Cn1cccn1)NCc1oc2ccccc2c1C. The average molecular weight is 387 g/mol. The number of hydrogen-bond donors (Lipinski definition) is 2. The standard InChI is InChI=1S/C23H25N5O/c1-17-20-10-5-6-11-21(20)29-22(17)15-26-23(24-2)25-14-18-8-3-4-9-19(18)16-28-13-7-12-27-28/h3-13H,14-16H2,1-2H3,(H2,24,25,26). The molecule has 6 heteroatoms. The van der Waals surface area contributed by atoms with E-state index < -0.39 is 0 Å². The molecule has 0 aliphatic heterocycles. The number of aliphatic imine (C=N–C) groups is 1. The minimum atomic E-state index is 0.578. The molecular weight excluding hydrogens is 362 g/mol. The lowest BCUT2D eigenvalue weighted by Crippen LogP contribution is -2.36. The van der Waals surface area contributed by atoms with Gasteiger partial charge >= 0.3 is 0 Å². The van der Waals surface area contributed by atoms with E-state index in [0.717, 1.165) is 34.8 Å². The molecule has 29 heavy (non-hydrogen) atoms. The summed E-state index contributed by atoms with van der Waals surface area (Å²) in [6.07, 6.45) is 3.77. The van der Waals surface area contributed by atoms with Crippen molar-refractivity contribution in [3.8, 4) is 0 Å². The predicted molar refractivity (Wildman–Crippen MR) is 116 cm³/mol. The molecule has 0 radical (unpaired) electrons. The summed E-state index contributed by atoms with van der Waals surface area (Å²) in [6, 6.07) is 18.4. The van der Waals surface area contributed by atoms with Gasteiger partial charge in [0.25, 0.3) is 0 Å². The minimum Gasteiger partial charge on any atom is -0.459 e. The van der Waals surface area contributed by atoms with Gasteiger partial charge in [0.05, 0.1) is 13.1 Å². The third kappa shape index (κ3) is 4.32. The number of nitrogens with zero attached hydrogens (tertiary/aromatic N) is 3. The van der Waals surface area contributed by atoms with Crippen LogP contribution in [0.3, 0.4) is 0 Å². The van der Waals surface area contributed by atoms with E-state index in [9.17, 15) is 0 Å². The van der Waals surface area contributed by atoms with E-state index in [1.807, 2.05) is 35.1 Å². The topological polar surface area (TPSA) is 67.4 Å². The number of hydrogen-bond acceptors (Lipinski definition) is 3. The lowest BCUT2D eigenvalue weighted by Gasteiger charge is -2.14. The van der Waals surface area contributed by atoms with E-state index in [1.165, 1.54) is 11.1 Å². The molecule has 0 aliphatic rings. The Balaban J connectivity index is 1.39. The van der Waals surface area contributed by atoms with Gasteiger partial charge in [-0.15, -0.1) is 0 Å². The first-order valence-corrected chi connectivity index (χ1v) is 9.70. The maximum absolute atomic E-state index is 5.98. The first kappa shape index (κ1) is 18.8. The highest BCUT2D eigenvalue weighted by molar-refractivity contribution is 5.83. The molecule has 0 unspecified atom stereocenters. The second-order valence-corrected chi connectivity index (χ2v) is 6.90. The number of aryl methyl sites for hydroxylation is 1. The van der Waals surface area contributed by atoms with Crippen molar-refractivity contribution >= 4 is 16.9 Å². The molecule has 2 aromatic carbocycles. The molecule has 4 rings (SSSR count). The van der Waals surface area contributed by atoms with Gasteiger partial charge in [0.1, 0.15) is 11.3 Å². The lowest BCUT2D eigenvalue weighted by atomic mass is 10.1. The molecule has 0 saturated carbocycles. The Morgan fingerprint density at radius 3 is 2.52 bits per heavy atom. The summed E-state index contributed by atoms with van der Waals surface area (Å²) in [4.78, 5) is 4.34. The van der Waals surface area contributed by atoms with Gasteiger partial charge in [0.15, 0.2) is 5.96 Å². The van der Waals surface area contributed by atoms with E-state index in [4.69, 9.17) is 4.42 Å². The molecule has 0 atom stereocenters. The normalized spacial score (nSPS) is 11.7. The highest BCUT2D eigenvalue weighted by atomic mass is 16.3. The van der Waals surface area contributed by atoms with E-state index in [1.54, 1.807) is 13.2 Å². The molecule has 2 N–H and O–H groups in total. The fraction of sp³-hybridized carbons (Fsp3) is 0.217. The number of para-hydroxylation sites is 1. The molecule has 0 spiro atoms. The first-order chi connectivity index (χ1) is 14.2. The van der Waals surface area contributed by atoms with Gasteiger partial charge in [-0.2, -0.15) is 5.10 Å². The van der Waals surface area contributed by atoms with Crippen LogP contribution in [0, 0.1) is 6.92 Å². The lowest BCUT2D eigenvalue weighted by molar-refractivity contribution is 0.534. The number of benzene rings is 2. The Morgan fingerprint density at radius 1 is 1.00 bits per heavy atom. The Morgan fingerprint density at radius 2 is 1.76 bits per heavy atom. The fourth-order valence-electron chi connectivity index (χ4n) is 3.41. The van der Waals surface area contributed by atoms with Gasteiger partial charge in [-0.3, -0.25) is 9.67 Å². The quantitative estimate of drug-likeness (QED) is 0.390. The molecule has 2 heterocycles. The Bertz CT molecular complexity index is 1110. The van der Waals surface area contributed by atoms with Crippen LogP contribution in [0.1, 0.15) is 22.5 Å². The van der Waals surface area contributed by atoms with Crippen LogP contribution < -0.4 is 10.6 Å². The van der Waals surface area contributed by atoms with Gasteiger partial charge in [-0.05, 0) is 30.2 Å². The van der Waals surface area contributed by atoms with Gasteiger partial charge < -0.3 is 15.1 Å². The van der Waals surface area contributed by atoms with Crippen LogP contribution in [0.15, 0.2) is 76.4 Å². The summed E-state index contributed by atoms with van der Waals surface area (Å²) >= 11 is 0. The molecule has 0 amide bonds. The predicted octanol–water partition coefficient (Wildman–Crippen LogP) is 3.85. The maximum Gasteiger partial charge on any atom is 0.191 e. The summed E-state index contributed by atoms with van der Waals surface area (Å²) in [6.45, 7) is 4.09. The van der Waals surface area contributed by atoms with Crippen molar-refractivity contribution in [2.45, 2.75) is 26.6 Å². The maximum atomic E-state index is 5.98. The van der Waals surface area contributed by atoms with Crippen molar-refractivity contribution in [3.05, 3.63) is 89.4 Å². The van der Waals surface area contributed by atoms with Crippen molar-refractivity contribution in [1.82, 2.24) is 20.4 Å². The highest BCUT2D eigenvalue weighted by Gasteiger charge is 2.10. The van der Waals surface area contributed by atoms with E-state index in [0.29, 0.717) is 13.1 Å². The fourth-order valence-corrected chi connectivity index (χ4v) is 3.41. The van der Waals surface area contributed by atoms with E-state index in [2.05, 4.69) is 58.0 Å². The van der Waals surface area contributed by atoms with Gasteiger partial charge in [-0.1, -0.05) is 42.5 Å². The summed E-state index contributed by atoms with van der Waals surface area (Å²) in [5.74, 6) is 1.66. The molecular formula is C23H25N5O. The van der Waals surface area contributed by atoms with Crippen LogP contribution >= 0.6 is 0 Å². The Kier molecular flexibility index (Phi) is 5.61. The van der Waals surface area contributed by atoms with Crippen molar-refractivity contribution in [2.24, 2.45) is 4.99 Å². The summed E-state index contributed by atoms with van der Waals surface area (Å²) in [5, 5.41) is 12.2. The molecule has 4 aromatic rings. The third-order valence-corrected chi connectivity index (χ3v) is 5.04. The zero-order valence-corrected chi connectivity index (χ0v) is 16.7. The largest absolute Gasteiger partial charge is 0.459 e. The van der Waals surface area contributed by atoms with Crippen molar-refractivity contribution in [3.63, 3.8) is 0 Å². The zero-order valence-electron chi connectivity index (χ0n) is 16.7. The number of fused-ring (bicyclic) bond motifs is 1. The Hall–Kier alpha value is -3.54. The minimum absolute atomic E-state index is 0.578. The van der Waals surface area contributed by atoms with Crippen molar-refractivity contribution in [1.29, 1.82) is 0 Å². The average Bonchev–Trinajstić information content (AvgIpc) is 3.37. The monoisotopic (exact) mass is 387 g/mol. The van der Waals surface area contributed by atoms with Gasteiger partial charge in [0.2, 0.25) is 0 Å². The molecule has 0 aliphatic carbocycles. The van der Waals surface area contributed by atoms with Crippen LogP contribution in [-0.4, -0.2) is 22.8 Å². The van der Waals surface area contributed by atoms with Crippen LogP contribution in [-0.2, 0) is 19.6 Å². The number of aromatic nitrogens is 2.